The molecule has 0 aliphatic carbocycles. The fraction of sp³-hybridized carbons (Fsp3) is 0.667. The number of amides is 1. The summed E-state index contributed by atoms with van der Waals surface area (Å²) in [5, 5.41) is 3.36. The summed E-state index contributed by atoms with van der Waals surface area (Å²) >= 11 is 0. The number of aliphatic imine (C=N–C) groups is 1. The number of hydrogen-bond acceptors (Lipinski definition) is 4. The summed E-state index contributed by atoms with van der Waals surface area (Å²) < 4.78 is 5.21. The minimum atomic E-state index is -0.0369. The normalized spacial score (nSPS) is 15.4. The molecule has 7 nitrogen and oxygen atoms in total. The molecule has 0 spiro atoms. The van der Waals surface area contributed by atoms with Crippen LogP contribution >= 0.6 is 24.0 Å². The van der Waals surface area contributed by atoms with Crippen LogP contribution in [0.25, 0.3) is 0 Å². The first-order valence-electron chi connectivity index (χ1n) is 9.09. The Balaban J connectivity index is 0.00000338. The van der Waals surface area contributed by atoms with Crippen LogP contribution in [0.4, 0.5) is 0 Å². The monoisotopic (exact) mass is 477 g/mol. The Morgan fingerprint density at radius 2 is 1.96 bits per heavy atom. The van der Waals surface area contributed by atoms with Gasteiger partial charge >= 0.3 is 0 Å². The largest absolute Gasteiger partial charge is 0.459 e. The molecule has 1 saturated heterocycles. The van der Waals surface area contributed by atoms with Crippen LogP contribution < -0.4 is 5.32 Å². The fourth-order valence-electron chi connectivity index (χ4n) is 2.68. The van der Waals surface area contributed by atoms with Gasteiger partial charge in [-0.15, -0.1) is 24.0 Å². The summed E-state index contributed by atoms with van der Waals surface area (Å²) in [6, 6.07) is 3.98. The molecule has 1 aromatic rings. The smallest absolute Gasteiger partial charge is 0.289 e. The molecular formula is C18H32IN5O2. The number of rotatable bonds is 6. The van der Waals surface area contributed by atoms with E-state index in [-0.39, 0.29) is 29.9 Å². The van der Waals surface area contributed by atoms with Gasteiger partial charge in [-0.05, 0) is 40.0 Å². The van der Waals surface area contributed by atoms with E-state index in [9.17, 15) is 4.79 Å². The first kappa shape index (κ1) is 22.8. The van der Waals surface area contributed by atoms with Crippen LogP contribution in [0.5, 0.6) is 0 Å². The quantitative estimate of drug-likeness (QED) is 0.386. The summed E-state index contributed by atoms with van der Waals surface area (Å²) in [6.07, 6.45) is 1.54. The molecular weight excluding hydrogens is 445 g/mol. The molecule has 2 heterocycles. The van der Waals surface area contributed by atoms with Crippen molar-refractivity contribution in [1.82, 2.24) is 20.0 Å². The number of hydrogen-bond donors (Lipinski definition) is 1. The Hall–Kier alpha value is -1.29. The van der Waals surface area contributed by atoms with Gasteiger partial charge in [-0.2, -0.15) is 0 Å². The molecule has 26 heavy (non-hydrogen) atoms. The summed E-state index contributed by atoms with van der Waals surface area (Å²) in [4.78, 5) is 23.4. The van der Waals surface area contributed by atoms with Crippen LogP contribution in [0, 0.1) is 0 Å². The predicted octanol–water partition coefficient (Wildman–Crippen LogP) is 1.96. The lowest BCUT2D eigenvalue weighted by Crippen LogP contribution is -2.53. The maximum absolute atomic E-state index is 12.3. The van der Waals surface area contributed by atoms with E-state index in [1.165, 1.54) is 6.26 Å². The second-order valence-corrected chi connectivity index (χ2v) is 6.57. The molecule has 148 valence electrons. The minimum Gasteiger partial charge on any atom is -0.459 e. The third-order valence-corrected chi connectivity index (χ3v) is 4.53. The molecule has 1 aliphatic rings. The molecule has 0 bridgehead atoms. The van der Waals surface area contributed by atoms with Gasteiger partial charge in [-0.1, -0.05) is 0 Å². The Morgan fingerprint density at radius 1 is 1.31 bits per heavy atom. The lowest BCUT2D eigenvalue weighted by Gasteiger charge is -2.36. The van der Waals surface area contributed by atoms with Gasteiger partial charge < -0.3 is 24.4 Å². The molecule has 0 aromatic carbocycles. The molecule has 0 radical (unpaired) electrons. The number of carbonyl (C=O) groups is 1. The maximum atomic E-state index is 12.3. The van der Waals surface area contributed by atoms with E-state index >= 15 is 0 Å². The molecule has 0 atom stereocenters. The molecule has 1 aliphatic heterocycles. The van der Waals surface area contributed by atoms with Crippen LogP contribution in [-0.4, -0.2) is 85.5 Å². The molecule has 0 unspecified atom stereocenters. The highest BCUT2D eigenvalue weighted by Gasteiger charge is 2.25. The van der Waals surface area contributed by atoms with Gasteiger partial charge in [0.2, 0.25) is 0 Å². The molecule has 8 heteroatoms. The van der Waals surface area contributed by atoms with Gasteiger partial charge in [0, 0.05) is 45.3 Å². The standard InChI is InChI=1S/C18H31N5O2.HI/c1-5-19-18(20-8-9-21(4)15(2)3)23-12-10-22(11-13-23)17(24)16-7-6-14-25-16;/h6-7,14-15H,5,8-13H2,1-4H3,(H,19,20);1H. The SMILES string of the molecule is CCNC(=NCCN(C)C(C)C)N1CCN(C(=O)c2ccco2)CC1.I. The number of piperazine rings is 1. The highest BCUT2D eigenvalue weighted by atomic mass is 127. The highest BCUT2D eigenvalue weighted by Crippen LogP contribution is 2.09. The predicted molar refractivity (Wildman–Crippen MR) is 115 cm³/mol. The molecule has 1 fully saturated rings. The summed E-state index contributed by atoms with van der Waals surface area (Å²) in [7, 11) is 2.12. The van der Waals surface area contributed by atoms with Crippen molar-refractivity contribution in [3.63, 3.8) is 0 Å². The van der Waals surface area contributed by atoms with Crippen molar-refractivity contribution in [3.05, 3.63) is 24.2 Å². The minimum absolute atomic E-state index is 0. The van der Waals surface area contributed by atoms with E-state index < -0.39 is 0 Å². The zero-order valence-corrected chi connectivity index (χ0v) is 18.6. The van der Waals surface area contributed by atoms with Gasteiger partial charge in [-0.25, -0.2) is 0 Å². The van der Waals surface area contributed by atoms with Gasteiger partial charge in [0.05, 0.1) is 12.8 Å². The van der Waals surface area contributed by atoms with Gasteiger partial charge in [0.1, 0.15) is 0 Å². The lowest BCUT2D eigenvalue weighted by molar-refractivity contribution is 0.0657. The average molecular weight is 477 g/mol. The molecule has 2 rings (SSSR count). The molecule has 1 aromatic heterocycles. The van der Waals surface area contributed by atoms with E-state index in [0.29, 0.717) is 24.9 Å². The Labute approximate surface area is 173 Å². The van der Waals surface area contributed by atoms with Crippen molar-refractivity contribution in [1.29, 1.82) is 0 Å². The van der Waals surface area contributed by atoms with E-state index in [2.05, 4.69) is 42.9 Å². The van der Waals surface area contributed by atoms with Gasteiger partial charge in [-0.3, -0.25) is 9.79 Å². The van der Waals surface area contributed by atoms with Crippen molar-refractivity contribution < 1.29 is 9.21 Å². The number of nitrogens with one attached hydrogen (secondary N) is 1. The third kappa shape index (κ3) is 6.46. The maximum Gasteiger partial charge on any atom is 0.289 e. The van der Waals surface area contributed by atoms with E-state index in [0.717, 1.165) is 38.7 Å². The number of furan rings is 1. The molecule has 1 amide bonds. The van der Waals surface area contributed by atoms with Crippen LogP contribution in [0.15, 0.2) is 27.8 Å². The Morgan fingerprint density at radius 3 is 2.50 bits per heavy atom. The van der Waals surface area contributed by atoms with Gasteiger partial charge in [0.15, 0.2) is 11.7 Å². The van der Waals surface area contributed by atoms with Crippen molar-refractivity contribution >= 4 is 35.8 Å². The number of carbonyl (C=O) groups excluding carboxylic acids is 1. The summed E-state index contributed by atoms with van der Waals surface area (Å²) in [5.41, 5.74) is 0. The second kappa shape index (κ2) is 11.4. The summed E-state index contributed by atoms with van der Waals surface area (Å²) in [5.74, 6) is 1.31. The fourth-order valence-corrected chi connectivity index (χ4v) is 2.68. The topological polar surface area (TPSA) is 64.3 Å². The van der Waals surface area contributed by atoms with Crippen molar-refractivity contribution in [2.24, 2.45) is 4.99 Å². The van der Waals surface area contributed by atoms with E-state index in [1.807, 2.05) is 4.90 Å². The second-order valence-electron chi connectivity index (χ2n) is 6.57. The third-order valence-electron chi connectivity index (χ3n) is 4.53. The Kier molecular flexibility index (Phi) is 10.0. The lowest BCUT2D eigenvalue weighted by atomic mass is 10.3. The van der Waals surface area contributed by atoms with Gasteiger partial charge in [0.25, 0.3) is 5.91 Å². The van der Waals surface area contributed by atoms with Crippen LogP contribution in [0.1, 0.15) is 31.3 Å². The Bertz CT molecular complexity index is 554. The number of halogens is 1. The summed E-state index contributed by atoms with van der Waals surface area (Å²) in [6.45, 7) is 11.9. The first-order chi connectivity index (χ1) is 12.0. The van der Waals surface area contributed by atoms with Crippen LogP contribution in [-0.2, 0) is 0 Å². The average Bonchev–Trinajstić information content (AvgIpc) is 3.15. The molecule has 1 N–H and O–H groups in total. The highest BCUT2D eigenvalue weighted by molar-refractivity contribution is 14.0. The van der Waals surface area contributed by atoms with E-state index in [1.54, 1.807) is 12.1 Å². The van der Waals surface area contributed by atoms with Crippen molar-refractivity contribution in [2.75, 3.05) is 52.9 Å². The number of likely N-dealkylation sites (N-methyl/N-ethyl adjacent to an activating group) is 1. The zero-order valence-electron chi connectivity index (χ0n) is 16.3. The van der Waals surface area contributed by atoms with Crippen LogP contribution in [0.3, 0.4) is 0 Å². The number of guanidine groups is 1. The van der Waals surface area contributed by atoms with Crippen molar-refractivity contribution in [3.8, 4) is 0 Å². The van der Waals surface area contributed by atoms with Crippen LogP contribution in [0.2, 0.25) is 0 Å². The zero-order chi connectivity index (χ0) is 18.2. The van der Waals surface area contributed by atoms with Crippen molar-refractivity contribution in [2.45, 2.75) is 26.8 Å². The molecule has 0 saturated carbocycles. The first-order valence-corrected chi connectivity index (χ1v) is 9.09. The number of nitrogens with zero attached hydrogens (tertiary/aromatic N) is 4. The van der Waals surface area contributed by atoms with E-state index in [4.69, 9.17) is 9.41 Å².